The van der Waals surface area contributed by atoms with Gasteiger partial charge in [0.2, 0.25) is 5.90 Å². The maximum Gasteiger partial charge on any atom is 0.217 e. The molecule has 5 nitrogen and oxygen atoms in total. The van der Waals surface area contributed by atoms with Crippen LogP contribution in [0, 0.1) is 0 Å². The fourth-order valence-corrected chi connectivity index (χ4v) is 2.93. The molecular weight excluding hydrogens is 330 g/mol. The summed E-state index contributed by atoms with van der Waals surface area (Å²) in [6.07, 6.45) is 2.63. The molecule has 0 amide bonds. The summed E-state index contributed by atoms with van der Waals surface area (Å²) in [4.78, 5) is 15.3. The summed E-state index contributed by atoms with van der Waals surface area (Å²) in [6, 6.07) is 13.4. The van der Waals surface area contributed by atoms with Crippen LogP contribution in [-0.2, 0) is 22.6 Å². The first-order chi connectivity index (χ1) is 12.7. The van der Waals surface area contributed by atoms with Crippen LogP contribution in [0.2, 0.25) is 0 Å². The minimum atomic E-state index is -0.435. The van der Waals surface area contributed by atoms with Crippen LogP contribution in [0.25, 0.3) is 0 Å². The first kappa shape index (κ1) is 18.0. The van der Waals surface area contributed by atoms with Gasteiger partial charge in [-0.15, -0.1) is 0 Å². The second kappa shape index (κ2) is 8.52. The third kappa shape index (κ3) is 4.04. The van der Waals surface area contributed by atoms with Gasteiger partial charge in [-0.05, 0) is 29.7 Å². The maximum atomic E-state index is 10.9. The van der Waals surface area contributed by atoms with Crippen molar-refractivity contribution >= 4 is 12.2 Å². The Labute approximate surface area is 153 Å². The lowest BCUT2D eigenvalue weighted by atomic mass is 10.0. The molecule has 136 valence electrons. The van der Waals surface area contributed by atoms with Crippen LogP contribution in [0.3, 0.4) is 0 Å². The molecule has 0 saturated heterocycles. The molecule has 0 bridgehead atoms. The van der Waals surface area contributed by atoms with Crippen LogP contribution in [-0.4, -0.2) is 31.9 Å². The van der Waals surface area contributed by atoms with Gasteiger partial charge in [0.05, 0.1) is 7.11 Å². The van der Waals surface area contributed by atoms with Crippen molar-refractivity contribution in [3.8, 4) is 11.5 Å². The van der Waals surface area contributed by atoms with Crippen molar-refractivity contribution in [2.75, 3.05) is 13.7 Å². The highest BCUT2D eigenvalue weighted by Crippen LogP contribution is 2.35. The predicted octanol–water partition coefficient (Wildman–Crippen LogP) is 3.57. The quantitative estimate of drug-likeness (QED) is 0.681. The first-order valence-electron chi connectivity index (χ1n) is 8.79. The number of rotatable bonds is 8. The van der Waals surface area contributed by atoms with E-state index in [4.69, 9.17) is 14.2 Å². The predicted molar refractivity (Wildman–Crippen MR) is 100 cm³/mol. The van der Waals surface area contributed by atoms with Crippen molar-refractivity contribution in [2.24, 2.45) is 4.99 Å². The number of benzene rings is 2. The smallest absolute Gasteiger partial charge is 0.217 e. The number of aldehydes is 1. The molecule has 5 heteroatoms. The number of nitrogens with zero attached hydrogens (tertiary/aromatic N) is 1. The Kier molecular flexibility index (Phi) is 5.89. The number of ether oxygens (including phenoxy) is 3. The number of carbonyl (C=O) groups is 1. The molecule has 1 aliphatic heterocycles. The minimum Gasteiger partial charge on any atom is -0.493 e. The van der Waals surface area contributed by atoms with E-state index in [1.54, 1.807) is 7.11 Å². The van der Waals surface area contributed by atoms with Gasteiger partial charge < -0.3 is 19.0 Å². The van der Waals surface area contributed by atoms with Gasteiger partial charge in [0.1, 0.15) is 25.5 Å². The summed E-state index contributed by atoms with van der Waals surface area (Å²) in [5.74, 6) is 1.86. The molecule has 2 aromatic carbocycles. The van der Waals surface area contributed by atoms with Crippen molar-refractivity contribution in [1.82, 2.24) is 0 Å². The van der Waals surface area contributed by atoms with E-state index in [0.29, 0.717) is 18.3 Å². The van der Waals surface area contributed by atoms with E-state index in [2.05, 4.69) is 11.9 Å². The standard InChI is InChI=1S/C21H23NO4/c1-3-7-16-10-17(21-22-18(12-23)14-26-21)11-19(20(16)24-2)25-13-15-8-5-4-6-9-15/h4-6,8-12,18H,3,7,13-14H2,1-2H3. The van der Waals surface area contributed by atoms with E-state index in [-0.39, 0.29) is 6.61 Å². The van der Waals surface area contributed by atoms with Gasteiger partial charge >= 0.3 is 0 Å². The molecule has 1 unspecified atom stereocenters. The Morgan fingerprint density at radius 1 is 1.27 bits per heavy atom. The van der Waals surface area contributed by atoms with Crippen LogP contribution in [0.1, 0.15) is 30.0 Å². The summed E-state index contributed by atoms with van der Waals surface area (Å²) >= 11 is 0. The molecule has 0 radical (unpaired) electrons. The summed E-state index contributed by atoms with van der Waals surface area (Å²) in [6.45, 7) is 2.84. The average Bonchev–Trinajstić information content (AvgIpc) is 3.16. The van der Waals surface area contributed by atoms with Gasteiger partial charge in [0.25, 0.3) is 0 Å². The molecule has 0 fully saturated rings. The van der Waals surface area contributed by atoms with E-state index >= 15 is 0 Å². The normalized spacial score (nSPS) is 15.9. The largest absolute Gasteiger partial charge is 0.493 e. The molecule has 0 saturated carbocycles. The topological polar surface area (TPSA) is 57.1 Å². The monoisotopic (exact) mass is 353 g/mol. The molecule has 0 N–H and O–H groups in total. The SMILES string of the molecule is CCCc1cc(C2=NC(C=O)CO2)cc(OCc2ccccc2)c1OC. The third-order valence-electron chi connectivity index (χ3n) is 4.17. The van der Waals surface area contributed by atoms with Crippen molar-refractivity contribution in [3.05, 3.63) is 59.2 Å². The molecule has 26 heavy (non-hydrogen) atoms. The Balaban J connectivity index is 1.93. The van der Waals surface area contributed by atoms with Crippen molar-refractivity contribution in [2.45, 2.75) is 32.4 Å². The Hall–Kier alpha value is -2.82. The number of hydrogen-bond acceptors (Lipinski definition) is 5. The van der Waals surface area contributed by atoms with E-state index in [1.807, 2.05) is 42.5 Å². The number of aliphatic imine (C=N–C) groups is 1. The molecule has 2 aromatic rings. The second-order valence-electron chi connectivity index (χ2n) is 6.14. The zero-order valence-electron chi connectivity index (χ0n) is 15.1. The number of carbonyl (C=O) groups excluding carboxylic acids is 1. The summed E-state index contributed by atoms with van der Waals surface area (Å²) in [5.41, 5.74) is 2.92. The third-order valence-corrected chi connectivity index (χ3v) is 4.17. The maximum absolute atomic E-state index is 10.9. The molecule has 3 rings (SSSR count). The molecular formula is C21H23NO4. The second-order valence-corrected chi connectivity index (χ2v) is 6.14. The molecule has 0 aromatic heterocycles. The fraction of sp³-hybridized carbons (Fsp3) is 0.333. The molecule has 1 aliphatic rings. The number of methoxy groups -OCH3 is 1. The van der Waals surface area contributed by atoms with E-state index in [9.17, 15) is 4.79 Å². The van der Waals surface area contributed by atoms with Crippen LogP contribution >= 0.6 is 0 Å². The zero-order valence-corrected chi connectivity index (χ0v) is 15.1. The van der Waals surface area contributed by atoms with Crippen LogP contribution in [0.15, 0.2) is 47.5 Å². The van der Waals surface area contributed by atoms with Crippen molar-refractivity contribution in [1.29, 1.82) is 0 Å². The highest BCUT2D eigenvalue weighted by molar-refractivity contribution is 5.97. The first-order valence-corrected chi connectivity index (χ1v) is 8.79. The Morgan fingerprint density at radius 2 is 2.08 bits per heavy atom. The lowest BCUT2D eigenvalue weighted by Crippen LogP contribution is -2.07. The molecule has 1 atom stereocenters. The van der Waals surface area contributed by atoms with E-state index in [1.165, 1.54) is 0 Å². The van der Waals surface area contributed by atoms with Gasteiger partial charge in [-0.25, -0.2) is 4.99 Å². The number of aryl methyl sites for hydroxylation is 1. The van der Waals surface area contributed by atoms with Gasteiger partial charge in [-0.2, -0.15) is 0 Å². The van der Waals surface area contributed by atoms with Crippen LogP contribution in [0.5, 0.6) is 11.5 Å². The summed E-state index contributed by atoms with van der Waals surface area (Å²) in [7, 11) is 1.65. The van der Waals surface area contributed by atoms with Gasteiger partial charge in [-0.1, -0.05) is 43.7 Å². The average molecular weight is 353 g/mol. The van der Waals surface area contributed by atoms with E-state index in [0.717, 1.165) is 41.6 Å². The highest BCUT2D eigenvalue weighted by atomic mass is 16.5. The Morgan fingerprint density at radius 3 is 2.73 bits per heavy atom. The van der Waals surface area contributed by atoms with Crippen molar-refractivity contribution in [3.63, 3.8) is 0 Å². The lowest BCUT2D eigenvalue weighted by molar-refractivity contribution is -0.109. The molecule has 0 spiro atoms. The number of hydrogen-bond donors (Lipinski definition) is 0. The molecule has 0 aliphatic carbocycles. The minimum absolute atomic E-state index is 0.286. The molecule has 1 heterocycles. The van der Waals surface area contributed by atoms with Gasteiger partial charge in [0.15, 0.2) is 11.5 Å². The fourth-order valence-electron chi connectivity index (χ4n) is 2.93. The van der Waals surface area contributed by atoms with E-state index < -0.39 is 6.04 Å². The van der Waals surface area contributed by atoms with Gasteiger partial charge in [-0.3, -0.25) is 0 Å². The van der Waals surface area contributed by atoms with Crippen LogP contribution < -0.4 is 9.47 Å². The Bertz CT molecular complexity index is 786. The lowest BCUT2D eigenvalue weighted by Gasteiger charge is -2.16. The van der Waals surface area contributed by atoms with Gasteiger partial charge in [0, 0.05) is 5.56 Å². The zero-order chi connectivity index (χ0) is 18.4. The van der Waals surface area contributed by atoms with Crippen LogP contribution in [0.4, 0.5) is 0 Å². The van der Waals surface area contributed by atoms with Crippen molar-refractivity contribution < 1.29 is 19.0 Å². The summed E-state index contributed by atoms with van der Waals surface area (Å²) < 4.78 is 17.3. The summed E-state index contributed by atoms with van der Waals surface area (Å²) in [5, 5.41) is 0. The highest BCUT2D eigenvalue weighted by Gasteiger charge is 2.22.